The van der Waals surface area contributed by atoms with Crippen molar-refractivity contribution in [1.82, 2.24) is 4.90 Å². The van der Waals surface area contributed by atoms with Crippen LogP contribution in [0.1, 0.15) is 5.56 Å². The van der Waals surface area contributed by atoms with Crippen LogP contribution in [0.2, 0.25) is 10.0 Å². The molecule has 1 N–H and O–H groups in total. The fraction of sp³-hybridized carbons (Fsp3) is 0.158. The van der Waals surface area contributed by atoms with Crippen LogP contribution >= 0.6 is 23.2 Å². The standard InChI is InChI=1S/C19H16Cl2N2O4/c1-23-18(24)16(14-5-4-10(20)6-15(14)21)17(19(23)25)22-11-7-12(26-2)9-13(8-11)27-3/h4-9,22H,1-3H3. The van der Waals surface area contributed by atoms with Gasteiger partial charge in [0.2, 0.25) is 0 Å². The van der Waals surface area contributed by atoms with Crippen molar-refractivity contribution in [1.29, 1.82) is 0 Å². The van der Waals surface area contributed by atoms with Gasteiger partial charge in [-0.15, -0.1) is 0 Å². The Bertz CT molecular complexity index is 950. The lowest BCUT2D eigenvalue weighted by Crippen LogP contribution is -2.27. The van der Waals surface area contributed by atoms with Crippen molar-refractivity contribution >= 4 is 46.3 Å². The Hall–Kier alpha value is -2.70. The van der Waals surface area contributed by atoms with Crippen LogP contribution in [0, 0.1) is 0 Å². The molecule has 0 spiro atoms. The van der Waals surface area contributed by atoms with Crippen molar-refractivity contribution in [3.8, 4) is 11.5 Å². The first-order valence-corrected chi connectivity index (χ1v) is 8.63. The average molecular weight is 407 g/mol. The molecular weight excluding hydrogens is 391 g/mol. The number of rotatable bonds is 5. The number of methoxy groups -OCH3 is 2. The zero-order chi connectivity index (χ0) is 19.7. The quantitative estimate of drug-likeness (QED) is 0.764. The molecule has 3 rings (SSSR count). The smallest absolute Gasteiger partial charge is 0.277 e. The number of amides is 2. The van der Waals surface area contributed by atoms with E-state index in [1.54, 1.807) is 30.3 Å². The molecule has 8 heteroatoms. The molecule has 0 radical (unpaired) electrons. The Morgan fingerprint density at radius 2 is 1.56 bits per heavy atom. The number of hydrogen-bond donors (Lipinski definition) is 1. The van der Waals surface area contributed by atoms with Gasteiger partial charge in [-0.25, -0.2) is 0 Å². The maximum atomic E-state index is 12.7. The lowest BCUT2D eigenvalue weighted by molar-refractivity contribution is -0.135. The molecule has 2 amide bonds. The summed E-state index contributed by atoms with van der Waals surface area (Å²) in [7, 11) is 4.46. The van der Waals surface area contributed by atoms with E-state index in [4.69, 9.17) is 32.7 Å². The molecule has 27 heavy (non-hydrogen) atoms. The van der Waals surface area contributed by atoms with Gasteiger partial charge < -0.3 is 14.8 Å². The van der Waals surface area contributed by atoms with Gasteiger partial charge in [-0.2, -0.15) is 0 Å². The SMILES string of the molecule is COc1cc(NC2=C(c3ccc(Cl)cc3Cl)C(=O)N(C)C2=O)cc(OC)c1. The molecule has 0 bridgehead atoms. The fourth-order valence-electron chi connectivity index (χ4n) is 2.72. The number of carbonyl (C=O) groups is 2. The van der Waals surface area contributed by atoms with Crippen molar-refractivity contribution in [2.24, 2.45) is 0 Å². The molecular formula is C19H16Cl2N2O4. The number of benzene rings is 2. The van der Waals surface area contributed by atoms with Crippen LogP contribution in [0.25, 0.3) is 5.57 Å². The fourth-order valence-corrected chi connectivity index (χ4v) is 3.23. The zero-order valence-electron chi connectivity index (χ0n) is 14.8. The minimum atomic E-state index is -0.470. The molecule has 0 fully saturated rings. The Balaban J connectivity index is 2.13. The third kappa shape index (κ3) is 3.59. The van der Waals surface area contributed by atoms with Gasteiger partial charge in [-0.3, -0.25) is 14.5 Å². The topological polar surface area (TPSA) is 67.9 Å². The first-order valence-electron chi connectivity index (χ1n) is 7.88. The van der Waals surface area contributed by atoms with Crippen molar-refractivity contribution in [3.05, 3.63) is 57.7 Å². The number of hydrogen-bond acceptors (Lipinski definition) is 5. The molecule has 0 atom stereocenters. The molecule has 1 heterocycles. The largest absolute Gasteiger partial charge is 0.497 e. The Kier molecular flexibility index (Phi) is 5.30. The van der Waals surface area contributed by atoms with E-state index in [0.29, 0.717) is 27.8 Å². The minimum absolute atomic E-state index is 0.113. The van der Waals surface area contributed by atoms with Crippen LogP contribution in [-0.2, 0) is 9.59 Å². The van der Waals surface area contributed by atoms with Crippen LogP contribution in [0.5, 0.6) is 11.5 Å². The van der Waals surface area contributed by atoms with Gasteiger partial charge in [0.15, 0.2) is 0 Å². The number of imide groups is 1. The van der Waals surface area contributed by atoms with E-state index in [1.165, 1.54) is 27.3 Å². The van der Waals surface area contributed by atoms with Crippen LogP contribution in [-0.4, -0.2) is 38.0 Å². The molecule has 0 unspecified atom stereocenters. The summed E-state index contributed by atoms with van der Waals surface area (Å²) in [5.74, 6) is 0.145. The van der Waals surface area contributed by atoms with Crippen molar-refractivity contribution in [2.45, 2.75) is 0 Å². The number of halogens is 2. The highest BCUT2D eigenvalue weighted by Gasteiger charge is 2.37. The van der Waals surface area contributed by atoms with E-state index in [9.17, 15) is 9.59 Å². The number of carbonyl (C=O) groups excluding carboxylic acids is 2. The Morgan fingerprint density at radius 1 is 0.926 bits per heavy atom. The number of nitrogens with zero attached hydrogens (tertiary/aromatic N) is 1. The maximum absolute atomic E-state index is 12.7. The third-order valence-corrected chi connectivity index (χ3v) is 4.66. The number of nitrogens with one attached hydrogen (secondary N) is 1. The van der Waals surface area contributed by atoms with Crippen molar-refractivity contribution in [2.75, 3.05) is 26.6 Å². The van der Waals surface area contributed by atoms with Crippen LogP contribution in [0.4, 0.5) is 5.69 Å². The van der Waals surface area contributed by atoms with Crippen molar-refractivity contribution < 1.29 is 19.1 Å². The molecule has 140 valence electrons. The predicted octanol–water partition coefficient (Wildman–Crippen LogP) is 3.83. The van der Waals surface area contributed by atoms with E-state index >= 15 is 0 Å². The molecule has 1 aliphatic heterocycles. The van der Waals surface area contributed by atoms with E-state index < -0.39 is 11.8 Å². The predicted molar refractivity (Wildman–Crippen MR) is 104 cm³/mol. The van der Waals surface area contributed by atoms with E-state index in [2.05, 4.69) is 5.32 Å². The lowest BCUT2D eigenvalue weighted by Gasteiger charge is -2.12. The van der Waals surface area contributed by atoms with E-state index in [1.807, 2.05) is 0 Å². The summed E-state index contributed by atoms with van der Waals surface area (Å²) in [6.07, 6.45) is 0. The molecule has 2 aromatic rings. The monoisotopic (exact) mass is 406 g/mol. The second kappa shape index (κ2) is 7.50. The molecule has 1 aliphatic rings. The first-order chi connectivity index (χ1) is 12.8. The summed E-state index contributed by atoms with van der Waals surface area (Å²) in [6, 6.07) is 9.81. The van der Waals surface area contributed by atoms with Crippen LogP contribution in [0.3, 0.4) is 0 Å². The average Bonchev–Trinajstić information content (AvgIpc) is 2.85. The van der Waals surface area contributed by atoms with E-state index in [0.717, 1.165) is 4.90 Å². The molecule has 6 nitrogen and oxygen atoms in total. The molecule has 0 aromatic heterocycles. The van der Waals surface area contributed by atoms with Gasteiger partial charge in [0.25, 0.3) is 11.8 Å². The molecule has 0 aliphatic carbocycles. The summed E-state index contributed by atoms with van der Waals surface area (Å²) >= 11 is 12.2. The van der Waals surface area contributed by atoms with E-state index in [-0.39, 0.29) is 16.3 Å². The highest BCUT2D eigenvalue weighted by atomic mass is 35.5. The Labute approximate surface area is 166 Å². The minimum Gasteiger partial charge on any atom is -0.497 e. The van der Waals surface area contributed by atoms with Crippen LogP contribution in [0.15, 0.2) is 42.1 Å². The van der Waals surface area contributed by atoms with Crippen LogP contribution < -0.4 is 14.8 Å². The summed E-state index contributed by atoms with van der Waals surface area (Å²) in [5, 5.41) is 3.71. The number of likely N-dealkylation sites (N-methyl/N-ethyl adjacent to an activating group) is 1. The summed E-state index contributed by atoms with van der Waals surface area (Å²) < 4.78 is 10.5. The lowest BCUT2D eigenvalue weighted by atomic mass is 10.0. The zero-order valence-corrected chi connectivity index (χ0v) is 16.3. The molecule has 0 saturated carbocycles. The highest BCUT2D eigenvalue weighted by molar-refractivity contribution is 6.41. The van der Waals surface area contributed by atoms with Crippen molar-refractivity contribution in [3.63, 3.8) is 0 Å². The normalized spacial score (nSPS) is 14.0. The maximum Gasteiger partial charge on any atom is 0.277 e. The first kappa shape index (κ1) is 19.1. The van der Waals surface area contributed by atoms with Gasteiger partial charge in [-0.05, 0) is 12.1 Å². The van der Waals surface area contributed by atoms with Gasteiger partial charge in [0.1, 0.15) is 17.2 Å². The third-order valence-electron chi connectivity index (χ3n) is 4.11. The van der Waals surface area contributed by atoms with Gasteiger partial charge >= 0.3 is 0 Å². The molecule has 2 aromatic carbocycles. The Morgan fingerprint density at radius 3 is 2.11 bits per heavy atom. The van der Waals surface area contributed by atoms with Gasteiger partial charge in [0.05, 0.1) is 24.8 Å². The summed E-state index contributed by atoms with van der Waals surface area (Å²) in [5.41, 5.74) is 1.23. The summed E-state index contributed by atoms with van der Waals surface area (Å²) in [4.78, 5) is 26.3. The second-order valence-corrected chi connectivity index (χ2v) is 6.61. The van der Waals surface area contributed by atoms with Gasteiger partial charge in [-0.1, -0.05) is 29.3 Å². The second-order valence-electron chi connectivity index (χ2n) is 5.77. The number of ether oxygens (including phenoxy) is 2. The summed E-state index contributed by atoms with van der Waals surface area (Å²) in [6.45, 7) is 0. The number of anilines is 1. The highest BCUT2D eigenvalue weighted by Crippen LogP contribution is 2.35. The van der Waals surface area contributed by atoms with Gasteiger partial charge in [0, 0.05) is 41.5 Å². The molecule has 0 saturated heterocycles.